The molecule has 0 aliphatic rings. The van der Waals surface area contributed by atoms with Gasteiger partial charge in [0.2, 0.25) is 0 Å². The minimum absolute atomic E-state index is 0.210. The number of aromatic nitrogens is 1. The van der Waals surface area contributed by atoms with Crippen LogP contribution in [0.3, 0.4) is 0 Å². The van der Waals surface area contributed by atoms with Gasteiger partial charge in [-0.1, -0.05) is 24.3 Å². The number of thiazole rings is 1. The van der Waals surface area contributed by atoms with Crippen LogP contribution in [-0.2, 0) is 6.42 Å². The lowest BCUT2D eigenvalue weighted by Gasteiger charge is -2.07. The Kier molecular flexibility index (Phi) is 4.99. The van der Waals surface area contributed by atoms with Crippen molar-refractivity contribution in [3.8, 4) is 0 Å². The molecule has 0 saturated heterocycles. The Bertz CT molecular complexity index is 1560. The molecule has 5 rings (SSSR count). The molecule has 2 heterocycles. The zero-order chi connectivity index (χ0) is 22.2. The largest absolute Gasteiger partial charge is 0.422 e. The topological polar surface area (TPSA) is 72.2 Å². The summed E-state index contributed by atoms with van der Waals surface area (Å²) >= 11 is 1.41. The van der Waals surface area contributed by atoms with Gasteiger partial charge in [-0.2, -0.15) is 0 Å². The standard InChI is InChI=1S/C24H14F2N2O3S/c25-16-9-7-13(11-17(16)26)12-20-28-22-18(5-2-6-19(22)32-20)27-24(30)15-4-1-3-14-8-10-21(29)31-23(14)15/h1-11H,12H2,(H,27,30). The number of amides is 1. The van der Waals surface area contributed by atoms with E-state index in [1.165, 1.54) is 23.5 Å². The molecule has 0 unspecified atom stereocenters. The first-order valence-corrected chi connectivity index (χ1v) is 10.5. The van der Waals surface area contributed by atoms with Crippen LogP contribution in [0.2, 0.25) is 0 Å². The van der Waals surface area contributed by atoms with Crippen molar-refractivity contribution < 1.29 is 18.0 Å². The van der Waals surface area contributed by atoms with Crippen molar-refractivity contribution in [1.29, 1.82) is 0 Å². The summed E-state index contributed by atoms with van der Waals surface area (Å²) in [7, 11) is 0. The van der Waals surface area contributed by atoms with Crippen molar-refractivity contribution in [2.75, 3.05) is 5.32 Å². The molecular weight excluding hydrogens is 434 g/mol. The third kappa shape index (κ3) is 3.76. The lowest BCUT2D eigenvalue weighted by Crippen LogP contribution is -2.13. The van der Waals surface area contributed by atoms with Gasteiger partial charge in [0.1, 0.15) is 5.52 Å². The maximum atomic E-state index is 13.5. The molecule has 158 valence electrons. The highest BCUT2D eigenvalue weighted by atomic mass is 32.1. The molecule has 32 heavy (non-hydrogen) atoms. The van der Waals surface area contributed by atoms with E-state index in [0.29, 0.717) is 33.6 Å². The average Bonchev–Trinajstić information content (AvgIpc) is 3.19. The smallest absolute Gasteiger partial charge is 0.336 e. The predicted octanol–water partition coefficient (Wildman–Crippen LogP) is 5.52. The van der Waals surface area contributed by atoms with Crippen molar-refractivity contribution in [2.24, 2.45) is 0 Å². The summed E-state index contributed by atoms with van der Waals surface area (Å²) in [5.74, 6) is -2.24. The number of benzene rings is 3. The van der Waals surface area contributed by atoms with Gasteiger partial charge in [-0.3, -0.25) is 4.79 Å². The summed E-state index contributed by atoms with van der Waals surface area (Å²) in [6.45, 7) is 0. The van der Waals surface area contributed by atoms with E-state index in [1.807, 2.05) is 6.07 Å². The SMILES string of the molecule is O=C(Nc1cccc2sc(Cc3ccc(F)c(F)c3)nc12)c1cccc2ccc(=O)oc12. The molecule has 0 bridgehead atoms. The maximum Gasteiger partial charge on any atom is 0.336 e. The van der Waals surface area contributed by atoms with E-state index in [0.717, 1.165) is 16.8 Å². The Morgan fingerprint density at radius 2 is 1.84 bits per heavy atom. The van der Waals surface area contributed by atoms with Gasteiger partial charge >= 0.3 is 5.63 Å². The number of anilines is 1. The van der Waals surface area contributed by atoms with Crippen LogP contribution in [0.5, 0.6) is 0 Å². The van der Waals surface area contributed by atoms with Gasteiger partial charge in [-0.25, -0.2) is 18.6 Å². The first-order chi connectivity index (χ1) is 15.5. The molecule has 1 amide bonds. The van der Waals surface area contributed by atoms with Gasteiger partial charge in [-0.05, 0) is 42.0 Å². The first kappa shape index (κ1) is 20.0. The zero-order valence-corrected chi connectivity index (χ0v) is 17.2. The summed E-state index contributed by atoms with van der Waals surface area (Å²) in [5.41, 5.74) is 1.58. The predicted molar refractivity (Wildman–Crippen MR) is 119 cm³/mol. The van der Waals surface area contributed by atoms with E-state index in [9.17, 15) is 18.4 Å². The molecule has 0 spiro atoms. The maximum absolute atomic E-state index is 13.5. The summed E-state index contributed by atoms with van der Waals surface area (Å²) in [4.78, 5) is 29.2. The lowest BCUT2D eigenvalue weighted by molar-refractivity contribution is 0.102. The Morgan fingerprint density at radius 1 is 1.00 bits per heavy atom. The fourth-order valence-corrected chi connectivity index (χ4v) is 4.48. The van der Waals surface area contributed by atoms with Crippen molar-refractivity contribution in [3.05, 3.63) is 105 Å². The second-order valence-corrected chi connectivity index (χ2v) is 8.23. The number of nitrogens with zero attached hydrogens (tertiary/aromatic N) is 1. The summed E-state index contributed by atoms with van der Waals surface area (Å²) in [6.07, 6.45) is 0.332. The molecule has 0 fully saturated rings. The van der Waals surface area contributed by atoms with Gasteiger partial charge in [-0.15, -0.1) is 11.3 Å². The number of hydrogen-bond donors (Lipinski definition) is 1. The van der Waals surface area contributed by atoms with E-state index in [4.69, 9.17) is 4.42 Å². The molecule has 0 atom stereocenters. The Morgan fingerprint density at radius 3 is 2.69 bits per heavy atom. The molecule has 0 saturated carbocycles. The normalized spacial score (nSPS) is 11.2. The van der Waals surface area contributed by atoms with Crippen LogP contribution < -0.4 is 10.9 Å². The Balaban J connectivity index is 1.47. The zero-order valence-electron chi connectivity index (χ0n) is 16.4. The van der Waals surface area contributed by atoms with Gasteiger partial charge in [0.25, 0.3) is 5.91 Å². The fraction of sp³-hybridized carbons (Fsp3) is 0.0417. The quantitative estimate of drug-likeness (QED) is 0.367. The molecular formula is C24H14F2N2O3S. The Hall–Kier alpha value is -3.91. The summed E-state index contributed by atoms with van der Waals surface area (Å²) in [6, 6.07) is 17.1. The molecule has 3 aromatic carbocycles. The molecule has 0 aliphatic carbocycles. The monoisotopic (exact) mass is 448 g/mol. The fourth-order valence-electron chi connectivity index (χ4n) is 3.46. The van der Waals surface area contributed by atoms with Gasteiger partial charge in [0.05, 0.1) is 21.0 Å². The minimum atomic E-state index is -0.904. The number of hydrogen-bond acceptors (Lipinski definition) is 5. The van der Waals surface area contributed by atoms with Crippen LogP contribution >= 0.6 is 11.3 Å². The second kappa shape index (κ2) is 7.97. The van der Waals surface area contributed by atoms with E-state index in [2.05, 4.69) is 10.3 Å². The molecule has 2 aromatic heterocycles. The molecule has 0 radical (unpaired) electrons. The van der Waals surface area contributed by atoms with Gasteiger partial charge < -0.3 is 9.73 Å². The highest BCUT2D eigenvalue weighted by molar-refractivity contribution is 7.18. The number of carbonyl (C=O) groups is 1. The third-order valence-corrected chi connectivity index (χ3v) is 5.96. The van der Waals surface area contributed by atoms with Crippen LogP contribution in [0, 0.1) is 11.6 Å². The highest BCUT2D eigenvalue weighted by Gasteiger charge is 2.16. The van der Waals surface area contributed by atoms with E-state index in [-0.39, 0.29) is 11.1 Å². The van der Waals surface area contributed by atoms with E-state index >= 15 is 0 Å². The highest BCUT2D eigenvalue weighted by Crippen LogP contribution is 2.30. The van der Waals surface area contributed by atoms with Crippen molar-refractivity contribution in [2.45, 2.75) is 6.42 Å². The second-order valence-electron chi connectivity index (χ2n) is 7.12. The number of halogens is 2. The van der Waals surface area contributed by atoms with Crippen molar-refractivity contribution in [1.82, 2.24) is 4.98 Å². The van der Waals surface area contributed by atoms with Gasteiger partial charge in [0.15, 0.2) is 17.2 Å². The summed E-state index contributed by atoms with van der Waals surface area (Å²) < 4.78 is 32.8. The number of rotatable bonds is 4. The van der Waals surface area contributed by atoms with Crippen LogP contribution in [0.4, 0.5) is 14.5 Å². The number of nitrogens with one attached hydrogen (secondary N) is 1. The lowest BCUT2D eigenvalue weighted by atomic mass is 10.1. The average molecular weight is 448 g/mol. The number of fused-ring (bicyclic) bond motifs is 2. The van der Waals surface area contributed by atoms with Crippen LogP contribution in [0.15, 0.2) is 75.9 Å². The van der Waals surface area contributed by atoms with Crippen LogP contribution in [0.25, 0.3) is 21.2 Å². The third-order valence-electron chi connectivity index (χ3n) is 4.94. The van der Waals surface area contributed by atoms with Crippen LogP contribution in [-0.4, -0.2) is 10.9 Å². The molecule has 1 N–H and O–H groups in total. The van der Waals surface area contributed by atoms with Crippen LogP contribution in [0.1, 0.15) is 20.9 Å². The number of para-hydroxylation sites is 2. The molecule has 0 aliphatic heterocycles. The molecule has 5 aromatic rings. The van der Waals surface area contributed by atoms with Gasteiger partial charge in [0, 0.05) is 17.9 Å². The first-order valence-electron chi connectivity index (χ1n) is 9.64. The van der Waals surface area contributed by atoms with E-state index in [1.54, 1.807) is 36.4 Å². The minimum Gasteiger partial charge on any atom is -0.422 e. The Labute approximate surface area is 184 Å². The van der Waals surface area contributed by atoms with Crippen molar-refractivity contribution in [3.63, 3.8) is 0 Å². The summed E-state index contributed by atoms with van der Waals surface area (Å²) in [5, 5.41) is 4.18. The number of carbonyl (C=O) groups excluding carboxylic acids is 1. The molecule has 5 nitrogen and oxygen atoms in total. The van der Waals surface area contributed by atoms with E-state index < -0.39 is 23.2 Å². The van der Waals surface area contributed by atoms with Crippen molar-refractivity contribution >= 4 is 44.1 Å². The molecule has 8 heteroatoms.